The van der Waals surface area contributed by atoms with Crippen LogP contribution in [0.1, 0.15) is 30.5 Å². The molecule has 3 N–H and O–H groups in total. The first-order valence-electron chi connectivity index (χ1n) is 7.95. The lowest BCUT2D eigenvalue weighted by Crippen LogP contribution is -2.34. The Morgan fingerprint density at radius 3 is 1.96 bits per heavy atom. The van der Waals surface area contributed by atoms with Gasteiger partial charge in [0.15, 0.2) is 0 Å². The summed E-state index contributed by atoms with van der Waals surface area (Å²) >= 11 is 0. The Balaban J connectivity index is 1.78. The normalized spacial score (nSPS) is 10.6. The van der Waals surface area contributed by atoms with Crippen LogP contribution in [0.5, 0.6) is 0 Å². The second-order valence-corrected chi connectivity index (χ2v) is 6.04. The van der Waals surface area contributed by atoms with Crippen molar-refractivity contribution in [2.24, 2.45) is 0 Å². The molecule has 4 nitrogen and oxygen atoms in total. The number of hydrogen-bond acceptors (Lipinski definition) is 2. The average molecular weight is 311 g/mol. The molecule has 0 aliphatic rings. The number of carbonyl (C=O) groups is 1. The second kappa shape index (κ2) is 8.34. The summed E-state index contributed by atoms with van der Waals surface area (Å²) < 4.78 is 0. The van der Waals surface area contributed by atoms with E-state index in [2.05, 4.69) is 47.1 Å². The van der Waals surface area contributed by atoms with Gasteiger partial charge in [-0.15, -0.1) is 0 Å². The van der Waals surface area contributed by atoms with Crippen molar-refractivity contribution >= 4 is 11.7 Å². The minimum Gasteiger partial charge on any atom is -0.336 e. The van der Waals surface area contributed by atoms with Crippen LogP contribution in [-0.2, 0) is 13.1 Å². The monoisotopic (exact) mass is 311 g/mol. The summed E-state index contributed by atoms with van der Waals surface area (Å²) in [6.07, 6.45) is 0. The summed E-state index contributed by atoms with van der Waals surface area (Å²) in [7, 11) is 0. The molecule has 0 aliphatic heterocycles. The lowest BCUT2D eigenvalue weighted by molar-refractivity contribution is 0.250. The second-order valence-electron chi connectivity index (χ2n) is 6.04. The topological polar surface area (TPSA) is 53.2 Å². The van der Waals surface area contributed by atoms with Crippen LogP contribution < -0.4 is 16.0 Å². The highest BCUT2D eigenvalue weighted by Gasteiger charge is 2.03. The van der Waals surface area contributed by atoms with Crippen LogP contribution in [0.15, 0.2) is 48.5 Å². The molecule has 0 unspecified atom stereocenters. The molecule has 0 radical (unpaired) electrons. The maximum absolute atomic E-state index is 11.6. The number of anilines is 1. The van der Waals surface area contributed by atoms with Crippen LogP contribution in [0.2, 0.25) is 0 Å². The van der Waals surface area contributed by atoms with Crippen LogP contribution in [-0.4, -0.2) is 12.1 Å². The van der Waals surface area contributed by atoms with E-state index in [4.69, 9.17) is 0 Å². The molecule has 0 aliphatic carbocycles. The first-order valence-corrected chi connectivity index (χ1v) is 7.95. The van der Waals surface area contributed by atoms with Crippen LogP contribution >= 0.6 is 0 Å². The van der Waals surface area contributed by atoms with Gasteiger partial charge in [0.25, 0.3) is 0 Å². The van der Waals surface area contributed by atoms with E-state index in [9.17, 15) is 4.79 Å². The summed E-state index contributed by atoms with van der Waals surface area (Å²) in [6, 6.07) is 16.4. The predicted molar refractivity (Wildman–Crippen MR) is 95.5 cm³/mol. The van der Waals surface area contributed by atoms with Gasteiger partial charge >= 0.3 is 6.03 Å². The third-order valence-corrected chi connectivity index (χ3v) is 3.41. The molecule has 2 aromatic carbocycles. The molecular formula is C19H25N3O. The minimum atomic E-state index is -0.176. The van der Waals surface area contributed by atoms with E-state index in [1.807, 2.05) is 38.1 Å². The molecular weight excluding hydrogens is 286 g/mol. The molecule has 4 heteroatoms. The quantitative estimate of drug-likeness (QED) is 0.760. The lowest BCUT2D eigenvalue weighted by Gasteiger charge is -2.11. The third kappa shape index (κ3) is 6.12. The molecule has 0 fully saturated rings. The predicted octanol–water partition coefficient (Wildman–Crippen LogP) is 3.81. The molecule has 2 aromatic rings. The number of urea groups is 1. The van der Waals surface area contributed by atoms with E-state index in [1.54, 1.807) is 0 Å². The molecule has 0 heterocycles. The molecule has 0 spiro atoms. The third-order valence-electron chi connectivity index (χ3n) is 3.41. The SMILES string of the molecule is Cc1ccc(CNCc2ccc(NC(=O)NC(C)C)cc2)cc1. The minimum absolute atomic E-state index is 0.125. The molecule has 23 heavy (non-hydrogen) atoms. The number of carbonyl (C=O) groups excluding carboxylic acids is 1. The van der Waals surface area contributed by atoms with E-state index < -0.39 is 0 Å². The number of aryl methyl sites for hydroxylation is 1. The summed E-state index contributed by atoms with van der Waals surface area (Å²) in [5.41, 5.74) is 4.54. The summed E-state index contributed by atoms with van der Waals surface area (Å²) in [5.74, 6) is 0. The van der Waals surface area contributed by atoms with Gasteiger partial charge < -0.3 is 16.0 Å². The Hall–Kier alpha value is -2.33. The Labute approximate surface area is 138 Å². The Kier molecular flexibility index (Phi) is 6.18. The van der Waals surface area contributed by atoms with Gasteiger partial charge in [-0.1, -0.05) is 42.0 Å². The first kappa shape index (κ1) is 17.0. The van der Waals surface area contributed by atoms with Crippen molar-refractivity contribution in [1.82, 2.24) is 10.6 Å². The number of amides is 2. The molecule has 122 valence electrons. The Morgan fingerprint density at radius 2 is 1.43 bits per heavy atom. The van der Waals surface area contributed by atoms with Crippen molar-refractivity contribution < 1.29 is 4.79 Å². The lowest BCUT2D eigenvalue weighted by atomic mass is 10.1. The molecule has 2 rings (SSSR count). The zero-order valence-corrected chi connectivity index (χ0v) is 14.0. The highest BCUT2D eigenvalue weighted by Crippen LogP contribution is 2.10. The molecule has 0 atom stereocenters. The van der Waals surface area contributed by atoms with Gasteiger partial charge in [0.1, 0.15) is 0 Å². The number of rotatable bonds is 6. The van der Waals surface area contributed by atoms with Crippen molar-refractivity contribution in [3.8, 4) is 0 Å². The maximum atomic E-state index is 11.6. The number of hydrogen-bond donors (Lipinski definition) is 3. The van der Waals surface area contributed by atoms with Crippen LogP contribution in [0, 0.1) is 6.92 Å². The van der Waals surface area contributed by atoms with E-state index in [0.717, 1.165) is 18.8 Å². The Bertz CT molecular complexity index is 618. The van der Waals surface area contributed by atoms with Crippen LogP contribution in [0.3, 0.4) is 0 Å². The zero-order chi connectivity index (χ0) is 16.7. The molecule has 0 saturated heterocycles. The van der Waals surface area contributed by atoms with Gasteiger partial charge in [0, 0.05) is 24.8 Å². The van der Waals surface area contributed by atoms with E-state index in [-0.39, 0.29) is 12.1 Å². The van der Waals surface area contributed by atoms with Crippen molar-refractivity contribution in [2.75, 3.05) is 5.32 Å². The molecule has 0 bridgehead atoms. The first-order chi connectivity index (χ1) is 11.0. The highest BCUT2D eigenvalue weighted by atomic mass is 16.2. The zero-order valence-electron chi connectivity index (χ0n) is 14.0. The fraction of sp³-hybridized carbons (Fsp3) is 0.316. The van der Waals surface area contributed by atoms with E-state index in [1.165, 1.54) is 16.7 Å². The molecule has 0 saturated carbocycles. The van der Waals surface area contributed by atoms with Gasteiger partial charge in [-0.25, -0.2) is 4.79 Å². The largest absolute Gasteiger partial charge is 0.336 e. The molecule has 0 aromatic heterocycles. The van der Waals surface area contributed by atoms with Crippen molar-refractivity contribution in [3.63, 3.8) is 0 Å². The van der Waals surface area contributed by atoms with Gasteiger partial charge in [-0.05, 0) is 44.0 Å². The van der Waals surface area contributed by atoms with Gasteiger partial charge in [0.2, 0.25) is 0 Å². The standard InChI is InChI=1S/C19H25N3O/c1-14(2)21-19(23)22-18-10-8-17(9-11-18)13-20-12-16-6-4-15(3)5-7-16/h4-11,14,20H,12-13H2,1-3H3,(H2,21,22,23). The van der Waals surface area contributed by atoms with E-state index in [0.29, 0.717) is 0 Å². The highest BCUT2D eigenvalue weighted by molar-refractivity contribution is 5.89. The average Bonchev–Trinajstić information content (AvgIpc) is 2.50. The van der Waals surface area contributed by atoms with Gasteiger partial charge in [0.05, 0.1) is 0 Å². The number of nitrogens with one attached hydrogen (secondary N) is 3. The number of benzene rings is 2. The fourth-order valence-electron chi connectivity index (χ4n) is 2.19. The van der Waals surface area contributed by atoms with Gasteiger partial charge in [-0.3, -0.25) is 0 Å². The Morgan fingerprint density at radius 1 is 0.913 bits per heavy atom. The van der Waals surface area contributed by atoms with Crippen molar-refractivity contribution in [2.45, 2.75) is 39.9 Å². The smallest absolute Gasteiger partial charge is 0.319 e. The molecule has 2 amide bonds. The maximum Gasteiger partial charge on any atom is 0.319 e. The van der Waals surface area contributed by atoms with Crippen LogP contribution in [0.25, 0.3) is 0 Å². The van der Waals surface area contributed by atoms with Gasteiger partial charge in [-0.2, -0.15) is 0 Å². The van der Waals surface area contributed by atoms with Crippen molar-refractivity contribution in [1.29, 1.82) is 0 Å². The summed E-state index contributed by atoms with van der Waals surface area (Å²) in [4.78, 5) is 11.6. The van der Waals surface area contributed by atoms with Crippen molar-refractivity contribution in [3.05, 3.63) is 65.2 Å². The van der Waals surface area contributed by atoms with E-state index >= 15 is 0 Å². The fourth-order valence-corrected chi connectivity index (χ4v) is 2.19. The van der Waals surface area contributed by atoms with Crippen LogP contribution in [0.4, 0.5) is 10.5 Å². The summed E-state index contributed by atoms with van der Waals surface area (Å²) in [6.45, 7) is 7.60. The summed E-state index contributed by atoms with van der Waals surface area (Å²) in [5, 5.41) is 9.04.